The van der Waals surface area contributed by atoms with Gasteiger partial charge in [-0.2, -0.15) is 5.10 Å². The molecule has 0 aliphatic carbocycles. The summed E-state index contributed by atoms with van der Waals surface area (Å²) in [4.78, 5) is 27.9. The molecule has 158 valence electrons. The summed E-state index contributed by atoms with van der Waals surface area (Å²) >= 11 is 0. The van der Waals surface area contributed by atoms with Gasteiger partial charge in [0.15, 0.2) is 11.7 Å². The van der Waals surface area contributed by atoms with E-state index in [9.17, 15) is 4.79 Å². The van der Waals surface area contributed by atoms with E-state index in [1.165, 1.54) is 0 Å². The summed E-state index contributed by atoms with van der Waals surface area (Å²) in [6, 6.07) is 6.07. The van der Waals surface area contributed by atoms with Gasteiger partial charge >= 0.3 is 0 Å². The Balaban J connectivity index is 1.33. The highest BCUT2D eigenvalue weighted by molar-refractivity contribution is 6.03. The van der Waals surface area contributed by atoms with Gasteiger partial charge in [0.2, 0.25) is 5.95 Å². The number of anilines is 1. The number of benzene rings is 1. The Morgan fingerprint density at radius 2 is 2.00 bits per heavy atom. The molecule has 1 N–H and O–H groups in total. The number of fused-ring (bicyclic) bond motifs is 1. The zero-order valence-electron chi connectivity index (χ0n) is 17.4. The van der Waals surface area contributed by atoms with Gasteiger partial charge < -0.3 is 9.32 Å². The van der Waals surface area contributed by atoms with E-state index < -0.39 is 0 Å². The van der Waals surface area contributed by atoms with Crippen LogP contribution >= 0.6 is 0 Å². The lowest BCUT2D eigenvalue weighted by molar-refractivity contribution is 0.102. The number of hydrogen-bond acceptors (Lipinski definition) is 7. The van der Waals surface area contributed by atoms with Crippen molar-refractivity contribution in [3.05, 3.63) is 54.4 Å². The van der Waals surface area contributed by atoms with Crippen LogP contribution in [0.1, 0.15) is 35.1 Å². The highest BCUT2D eigenvalue weighted by Gasteiger charge is 2.20. The third-order valence-electron chi connectivity index (χ3n) is 5.64. The Morgan fingerprint density at radius 1 is 1.16 bits per heavy atom. The summed E-state index contributed by atoms with van der Waals surface area (Å²) < 4.78 is 7.49. The van der Waals surface area contributed by atoms with Crippen LogP contribution in [0.5, 0.6) is 0 Å². The number of carbonyl (C=O) groups is 1. The molecule has 9 heteroatoms. The molecule has 0 radical (unpaired) electrons. The number of nitrogens with one attached hydrogen (secondary N) is 1. The first-order valence-corrected chi connectivity index (χ1v) is 10.3. The van der Waals surface area contributed by atoms with Crippen molar-refractivity contribution in [1.82, 2.24) is 29.6 Å². The van der Waals surface area contributed by atoms with Crippen molar-refractivity contribution < 1.29 is 9.21 Å². The van der Waals surface area contributed by atoms with Crippen LogP contribution in [-0.2, 0) is 0 Å². The van der Waals surface area contributed by atoms with Crippen molar-refractivity contribution in [2.24, 2.45) is 0 Å². The van der Waals surface area contributed by atoms with Crippen LogP contribution in [0.4, 0.5) is 5.95 Å². The molecule has 0 saturated carbocycles. The lowest BCUT2D eigenvalue weighted by Gasteiger charge is -2.28. The molecule has 4 aromatic rings. The predicted molar refractivity (Wildman–Crippen MR) is 116 cm³/mol. The van der Waals surface area contributed by atoms with Crippen molar-refractivity contribution in [2.75, 3.05) is 25.5 Å². The molecule has 1 amide bonds. The number of aryl methyl sites for hydroxylation is 1. The highest BCUT2D eigenvalue weighted by atomic mass is 16.4. The van der Waals surface area contributed by atoms with Crippen LogP contribution in [0.3, 0.4) is 0 Å². The number of rotatable bonds is 4. The van der Waals surface area contributed by atoms with E-state index in [4.69, 9.17) is 4.42 Å². The molecule has 1 aliphatic rings. The lowest BCUT2D eigenvalue weighted by atomic mass is 10.1. The molecule has 0 bridgehead atoms. The first-order valence-electron chi connectivity index (χ1n) is 10.3. The van der Waals surface area contributed by atoms with Gasteiger partial charge in [0.05, 0.1) is 29.5 Å². The minimum atomic E-state index is -0.277. The molecule has 1 aliphatic heterocycles. The fourth-order valence-corrected chi connectivity index (χ4v) is 3.82. The number of nitrogens with zero attached hydrogens (tertiary/aromatic N) is 6. The summed E-state index contributed by atoms with van der Waals surface area (Å²) in [5, 5.41) is 8.05. The van der Waals surface area contributed by atoms with E-state index in [0.717, 1.165) is 36.9 Å². The zero-order valence-corrected chi connectivity index (χ0v) is 17.4. The predicted octanol–water partition coefficient (Wildman–Crippen LogP) is 3.31. The fourth-order valence-electron chi connectivity index (χ4n) is 3.82. The highest BCUT2D eigenvalue weighted by Crippen LogP contribution is 2.25. The Bertz CT molecular complexity index is 1240. The lowest BCUT2D eigenvalue weighted by Crippen LogP contribution is -2.31. The van der Waals surface area contributed by atoms with Crippen molar-refractivity contribution in [2.45, 2.75) is 25.8 Å². The molecule has 9 nitrogen and oxygen atoms in total. The number of amides is 1. The van der Waals surface area contributed by atoms with E-state index >= 15 is 0 Å². The van der Waals surface area contributed by atoms with Crippen molar-refractivity contribution in [1.29, 1.82) is 0 Å². The maximum Gasteiger partial charge on any atom is 0.261 e. The SMILES string of the molecule is Cc1ncc(-c2ccc3cnc(NC(=O)c4cnn(C5CCN(C)CC5)c4)nc3c2)o1. The van der Waals surface area contributed by atoms with Crippen LogP contribution in [0.25, 0.3) is 22.2 Å². The Labute approximate surface area is 179 Å². The molecule has 31 heavy (non-hydrogen) atoms. The normalized spacial score (nSPS) is 15.4. The van der Waals surface area contributed by atoms with Gasteiger partial charge in [-0.3, -0.25) is 14.8 Å². The van der Waals surface area contributed by atoms with Crippen LogP contribution in [0.15, 0.2) is 47.4 Å². The molecule has 5 rings (SSSR count). The average molecular weight is 417 g/mol. The number of carbonyl (C=O) groups excluding carboxylic acids is 1. The quantitative estimate of drug-likeness (QED) is 0.543. The van der Waals surface area contributed by atoms with Gasteiger partial charge in [0, 0.05) is 30.3 Å². The molecular weight excluding hydrogens is 394 g/mol. The number of oxazole rings is 1. The van der Waals surface area contributed by atoms with E-state index in [1.807, 2.05) is 22.9 Å². The Hall–Kier alpha value is -3.59. The molecule has 1 fully saturated rings. The second-order valence-corrected chi connectivity index (χ2v) is 7.91. The van der Waals surface area contributed by atoms with Crippen molar-refractivity contribution in [3.8, 4) is 11.3 Å². The van der Waals surface area contributed by atoms with Gasteiger partial charge in [-0.1, -0.05) is 12.1 Å². The van der Waals surface area contributed by atoms with E-state index in [2.05, 4.69) is 37.3 Å². The molecule has 1 saturated heterocycles. The average Bonchev–Trinajstić information content (AvgIpc) is 3.43. The summed E-state index contributed by atoms with van der Waals surface area (Å²) in [7, 11) is 2.12. The van der Waals surface area contributed by atoms with Gasteiger partial charge in [0.1, 0.15) is 0 Å². The van der Waals surface area contributed by atoms with E-state index in [0.29, 0.717) is 28.8 Å². The minimum Gasteiger partial charge on any atom is -0.441 e. The summed E-state index contributed by atoms with van der Waals surface area (Å²) in [5.41, 5.74) is 2.07. The molecule has 3 aromatic heterocycles. The molecule has 0 atom stereocenters. The van der Waals surface area contributed by atoms with E-state index in [-0.39, 0.29) is 11.9 Å². The Kier molecular flexibility index (Phi) is 4.95. The van der Waals surface area contributed by atoms with E-state index in [1.54, 1.807) is 31.7 Å². The number of likely N-dealkylation sites (tertiary alicyclic amines) is 1. The Morgan fingerprint density at radius 3 is 2.77 bits per heavy atom. The maximum atomic E-state index is 12.7. The van der Waals surface area contributed by atoms with Crippen LogP contribution in [0.2, 0.25) is 0 Å². The summed E-state index contributed by atoms with van der Waals surface area (Å²) in [6.45, 7) is 3.87. The van der Waals surface area contributed by atoms with Crippen LogP contribution in [-0.4, -0.2) is 55.7 Å². The summed E-state index contributed by atoms with van der Waals surface area (Å²) in [6.07, 6.45) is 8.83. The number of aromatic nitrogens is 5. The molecular formula is C22H23N7O2. The largest absolute Gasteiger partial charge is 0.441 e. The number of hydrogen-bond donors (Lipinski definition) is 1. The number of piperidine rings is 1. The molecule has 4 heterocycles. The van der Waals surface area contributed by atoms with Crippen LogP contribution < -0.4 is 5.32 Å². The first kappa shape index (κ1) is 19.4. The maximum absolute atomic E-state index is 12.7. The minimum absolute atomic E-state index is 0.246. The standard InChI is InChI=1S/C22H23N7O2/c1-14-23-12-20(31-14)15-3-4-16-10-24-22(26-19(16)9-15)27-21(30)17-11-25-29(13-17)18-5-7-28(2)8-6-18/h3-4,9-13,18H,5-8H2,1-2H3,(H,24,26,27,30). The van der Waals surface area contributed by atoms with Gasteiger partial charge in [-0.05, 0) is 39.0 Å². The van der Waals surface area contributed by atoms with Crippen LogP contribution in [0, 0.1) is 6.92 Å². The third-order valence-corrected chi connectivity index (χ3v) is 5.64. The smallest absolute Gasteiger partial charge is 0.261 e. The van der Waals surface area contributed by atoms with Gasteiger partial charge in [-0.15, -0.1) is 0 Å². The van der Waals surface area contributed by atoms with Gasteiger partial charge in [-0.25, -0.2) is 15.0 Å². The third kappa shape index (κ3) is 4.04. The topological polar surface area (TPSA) is 102 Å². The zero-order chi connectivity index (χ0) is 21.4. The second kappa shape index (κ2) is 7.92. The molecule has 0 spiro atoms. The molecule has 0 unspecified atom stereocenters. The monoisotopic (exact) mass is 417 g/mol. The van der Waals surface area contributed by atoms with Gasteiger partial charge in [0.25, 0.3) is 5.91 Å². The molecule has 1 aromatic carbocycles. The van der Waals surface area contributed by atoms with Crippen molar-refractivity contribution in [3.63, 3.8) is 0 Å². The fraction of sp³-hybridized carbons (Fsp3) is 0.318. The second-order valence-electron chi connectivity index (χ2n) is 7.91. The first-order chi connectivity index (χ1) is 15.0. The summed E-state index contributed by atoms with van der Waals surface area (Å²) in [5.74, 6) is 1.24. The van der Waals surface area contributed by atoms with Crippen molar-refractivity contribution >= 4 is 22.8 Å².